The predicted molar refractivity (Wildman–Crippen MR) is 109 cm³/mol. The molecule has 29 heavy (non-hydrogen) atoms. The van der Waals surface area contributed by atoms with Gasteiger partial charge in [-0.2, -0.15) is 0 Å². The third-order valence-electron chi connectivity index (χ3n) is 6.29. The molecule has 0 bridgehead atoms. The molecular weight excluding hydrogens is 366 g/mol. The maximum absolute atomic E-state index is 12.8. The molecule has 0 unspecified atom stereocenters. The monoisotopic (exact) mass is 391 g/mol. The van der Waals surface area contributed by atoms with Crippen molar-refractivity contribution in [2.24, 2.45) is 0 Å². The topological polar surface area (TPSA) is 68.5 Å². The predicted octanol–water partition coefficient (Wildman–Crippen LogP) is 4.44. The Hall–Kier alpha value is -2.89. The van der Waals surface area contributed by atoms with Gasteiger partial charge in [-0.1, -0.05) is 5.16 Å². The van der Waals surface area contributed by atoms with Crippen molar-refractivity contribution in [3.8, 4) is 5.75 Å². The van der Waals surface area contributed by atoms with Gasteiger partial charge in [-0.3, -0.25) is 9.78 Å². The van der Waals surface area contributed by atoms with Crippen LogP contribution in [0.4, 0.5) is 0 Å². The third-order valence-corrected chi connectivity index (χ3v) is 6.29. The van der Waals surface area contributed by atoms with Gasteiger partial charge in [0, 0.05) is 48.3 Å². The van der Waals surface area contributed by atoms with Gasteiger partial charge >= 0.3 is 0 Å². The number of hydrogen-bond donors (Lipinski definition) is 0. The Bertz CT molecular complexity index is 1060. The molecule has 3 heterocycles. The number of nitrogens with zero attached hydrogens (tertiary/aromatic N) is 3. The molecule has 0 spiro atoms. The van der Waals surface area contributed by atoms with E-state index < -0.39 is 0 Å². The number of likely N-dealkylation sites (tertiary alicyclic amines) is 1. The van der Waals surface area contributed by atoms with Crippen molar-refractivity contribution in [3.63, 3.8) is 0 Å². The van der Waals surface area contributed by atoms with Crippen molar-refractivity contribution < 1.29 is 14.1 Å². The molecule has 6 nitrogen and oxygen atoms in total. The van der Waals surface area contributed by atoms with Gasteiger partial charge in [0.1, 0.15) is 11.5 Å². The molecule has 3 aromatic rings. The molecule has 2 aromatic heterocycles. The number of fused-ring (bicyclic) bond motifs is 1. The molecule has 1 aliphatic carbocycles. The fourth-order valence-electron chi connectivity index (χ4n) is 4.30. The van der Waals surface area contributed by atoms with E-state index in [1.165, 1.54) is 5.39 Å². The lowest BCUT2D eigenvalue weighted by atomic mass is 9.91. The smallest absolute Gasteiger partial charge is 0.276 e. The van der Waals surface area contributed by atoms with Crippen molar-refractivity contribution in [1.82, 2.24) is 15.0 Å². The maximum atomic E-state index is 12.8. The van der Waals surface area contributed by atoms with E-state index in [0.29, 0.717) is 30.6 Å². The van der Waals surface area contributed by atoms with Crippen LogP contribution in [0, 0.1) is 6.92 Å². The zero-order valence-corrected chi connectivity index (χ0v) is 16.9. The van der Waals surface area contributed by atoms with Crippen LogP contribution in [0.5, 0.6) is 5.75 Å². The average Bonchev–Trinajstić information content (AvgIpc) is 3.50. The fourth-order valence-corrected chi connectivity index (χ4v) is 4.30. The zero-order chi connectivity index (χ0) is 20.0. The quantitative estimate of drug-likeness (QED) is 0.658. The van der Waals surface area contributed by atoms with Gasteiger partial charge in [0.05, 0.1) is 7.11 Å². The normalized spacial score (nSPS) is 17.7. The molecular formula is C23H25N3O3. The first-order chi connectivity index (χ1) is 14.1. The summed E-state index contributed by atoms with van der Waals surface area (Å²) in [5, 5.41) is 6.31. The molecule has 1 amide bonds. The first-order valence-corrected chi connectivity index (χ1v) is 10.3. The number of carbonyl (C=O) groups is 1. The van der Waals surface area contributed by atoms with Crippen LogP contribution in [-0.2, 0) is 0 Å². The first-order valence-electron chi connectivity index (χ1n) is 10.3. The Balaban J connectivity index is 1.29. The number of amides is 1. The summed E-state index contributed by atoms with van der Waals surface area (Å²) in [4.78, 5) is 19.4. The number of ether oxygens (including phenoxy) is 1. The minimum Gasteiger partial charge on any atom is -0.496 e. The highest BCUT2D eigenvalue weighted by Gasteiger charge is 2.31. The summed E-state index contributed by atoms with van der Waals surface area (Å²) in [6, 6.07) is 8.05. The van der Waals surface area contributed by atoms with Crippen molar-refractivity contribution >= 4 is 16.7 Å². The van der Waals surface area contributed by atoms with Gasteiger partial charge in [0.25, 0.3) is 5.91 Å². The Morgan fingerprint density at radius 3 is 2.66 bits per heavy atom. The molecule has 0 radical (unpaired) electrons. The van der Waals surface area contributed by atoms with Gasteiger partial charge in [-0.05, 0) is 61.8 Å². The summed E-state index contributed by atoms with van der Waals surface area (Å²) in [5.41, 5.74) is 2.68. The Morgan fingerprint density at radius 2 is 1.93 bits per heavy atom. The van der Waals surface area contributed by atoms with Gasteiger partial charge in [0.15, 0.2) is 5.69 Å². The number of piperidine rings is 1. The number of rotatable bonds is 4. The largest absolute Gasteiger partial charge is 0.496 e. The molecule has 2 aliphatic rings. The van der Waals surface area contributed by atoms with E-state index in [1.807, 2.05) is 29.3 Å². The minimum absolute atomic E-state index is 0.0221. The van der Waals surface area contributed by atoms with E-state index in [0.717, 1.165) is 53.8 Å². The number of aromatic nitrogens is 2. The van der Waals surface area contributed by atoms with Gasteiger partial charge in [-0.25, -0.2) is 0 Å². The molecule has 1 saturated heterocycles. The molecule has 2 fully saturated rings. The van der Waals surface area contributed by atoms with Crippen LogP contribution in [0.3, 0.4) is 0 Å². The molecule has 1 aliphatic heterocycles. The molecule has 0 N–H and O–H groups in total. The van der Waals surface area contributed by atoms with E-state index in [4.69, 9.17) is 14.2 Å². The number of aryl methyl sites for hydroxylation is 1. The summed E-state index contributed by atoms with van der Waals surface area (Å²) in [6.07, 6.45) is 6.03. The standard InChI is InChI=1S/C23H25N3O3/c1-14-18-11-19(24-13-17(18)5-6-21(14)28-2)15-7-9-26(10-8-15)23(27)20-12-22(29-25-20)16-3-4-16/h5-6,11-13,15-16H,3-4,7-10H2,1-2H3. The number of carbonyl (C=O) groups excluding carboxylic acids is 1. The highest BCUT2D eigenvalue weighted by atomic mass is 16.5. The highest BCUT2D eigenvalue weighted by molar-refractivity contribution is 5.92. The number of methoxy groups -OCH3 is 1. The van der Waals surface area contributed by atoms with Crippen LogP contribution in [0.25, 0.3) is 10.8 Å². The van der Waals surface area contributed by atoms with Gasteiger partial charge in [0.2, 0.25) is 0 Å². The minimum atomic E-state index is -0.0221. The summed E-state index contributed by atoms with van der Waals surface area (Å²) in [5.74, 6) is 2.55. The van der Waals surface area contributed by atoms with Crippen molar-refractivity contribution in [2.75, 3.05) is 20.2 Å². The van der Waals surface area contributed by atoms with Crippen LogP contribution >= 0.6 is 0 Å². The van der Waals surface area contributed by atoms with Gasteiger partial charge in [-0.15, -0.1) is 0 Å². The highest BCUT2D eigenvalue weighted by Crippen LogP contribution is 2.40. The second-order valence-electron chi connectivity index (χ2n) is 8.18. The van der Waals surface area contributed by atoms with Crippen LogP contribution in [-0.4, -0.2) is 41.1 Å². The summed E-state index contributed by atoms with van der Waals surface area (Å²) >= 11 is 0. The lowest BCUT2D eigenvalue weighted by Crippen LogP contribution is -2.38. The Morgan fingerprint density at radius 1 is 1.14 bits per heavy atom. The molecule has 5 rings (SSSR count). The van der Waals surface area contributed by atoms with Crippen molar-refractivity contribution in [3.05, 3.63) is 53.2 Å². The zero-order valence-electron chi connectivity index (χ0n) is 16.9. The molecule has 0 atom stereocenters. The maximum Gasteiger partial charge on any atom is 0.276 e. The summed E-state index contributed by atoms with van der Waals surface area (Å²) in [7, 11) is 1.70. The molecule has 1 saturated carbocycles. The second-order valence-corrected chi connectivity index (χ2v) is 8.18. The van der Waals surface area contributed by atoms with E-state index in [1.54, 1.807) is 7.11 Å². The van der Waals surface area contributed by atoms with Crippen LogP contribution < -0.4 is 4.74 Å². The summed E-state index contributed by atoms with van der Waals surface area (Å²) < 4.78 is 10.8. The fraction of sp³-hybridized carbons (Fsp3) is 0.435. The number of hydrogen-bond acceptors (Lipinski definition) is 5. The van der Waals surface area contributed by atoms with E-state index in [9.17, 15) is 4.79 Å². The van der Waals surface area contributed by atoms with Crippen LogP contribution in [0.15, 0.2) is 35.0 Å². The third kappa shape index (κ3) is 3.37. The molecule has 150 valence electrons. The van der Waals surface area contributed by atoms with Crippen LogP contribution in [0.2, 0.25) is 0 Å². The van der Waals surface area contributed by atoms with E-state index in [2.05, 4.69) is 18.1 Å². The average molecular weight is 391 g/mol. The number of pyridine rings is 1. The lowest BCUT2D eigenvalue weighted by Gasteiger charge is -2.31. The number of benzene rings is 1. The molecule has 1 aromatic carbocycles. The molecule has 6 heteroatoms. The lowest BCUT2D eigenvalue weighted by molar-refractivity contribution is 0.0701. The Kier molecular flexibility index (Phi) is 4.49. The van der Waals surface area contributed by atoms with Crippen molar-refractivity contribution in [2.45, 2.75) is 44.4 Å². The first kappa shape index (κ1) is 18.2. The second kappa shape index (κ2) is 7.17. The summed E-state index contributed by atoms with van der Waals surface area (Å²) in [6.45, 7) is 3.51. The van der Waals surface area contributed by atoms with Crippen molar-refractivity contribution in [1.29, 1.82) is 0 Å². The van der Waals surface area contributed by atoms with Gasteiger partial charge < -0.3 is 14.2 Å². The van der Waals surface area contributed by atoms with Crippen LogP contribution in [0.1, 0.15) is 65.0 Å². The van der Waals surface area contributed by atoms with E-state index in [-0.39, 0.29) is 5.91 Å². The van der Waals surface area contributed by atoms with E-state index >= 15 is 0 Å². The Labute approximate surface area is 169 Å². The SMILES string of the molecule is COc1ccc2cnc(C3CCN(C(=O)c4cc(C5CC5)on4)CC3)cc2c1C.